The SMILES string of the molecule is O=C1OC(=O)C2=C1SC(=C1SC3=C(S1)C(=O)OC3=O)S2. The molecule has 100 valence electrons. The molecule has 0 atom stereocenters. The number of hydrogen-bond donors (Lipinski definition) is 0. The van der Waals surface area contributed by atoms with Crippen LogP contribution in [0.5, 0.6) is 0 Å². The fraction of sp³-hybridized carbons (Fsp3) is 0. The summed E-state index contributed by atoms with van der Waals surface area (Å²) in [5.74, 6) is -2.60. The molecule has 0 aliphatic carbocycles. The number of carbonyl (C=O) groups is 4. The molecule has 6 nitrogen and oxygen atoms in total. The van der Waals surface area contributed by atoms with Crippen molar-refractivity contribution in [3.05, 3.63) is 28.1 Å². The number of ether oxygens (including phenoxy) is 2. The molecule has 4 aliphatic heterocycles. The number of hydrogen-bond acceptors (Lipinski definition) is 10. The minimum absolute atomic E-state index is 0.268. The van der Waals surface area contributed by atoms with Crippen molar-refractivity contribution in [1.82, 2.24) is 0 Å². The fourth-order valence-corrected chi connectivity index (χ4v) is 6.77. The first kappa shape index (κ1) is 12.6. The Hall–Kier alpha value is -1.10. The average Bonchev–Trinajstić information content (AvgIpc) is 3.09. The number of rotatable bonds is 0. The molecule has 0 aromatic carbocycles. The van der Waals surface area contributed by atoms with Crippen LogP contribution < -0.4 is 0 Å². The molecular weight excluding hydrogens is 344 g/mol. The van der Waals surface area contributed by atoms with E-state index < -0.39 is 23.9 Å². The summed E-state index contributed by atoms with van der Waals surface area (Å²) in [4.78, 5) is 46.7. The topological polar surface area (TPSA) is 86.7 Å². The van der Waals surface area contributed by atoms with Gasteiger partial charge in [0, 0.05) is 0 Å². The number of esters is 4. The lowest BCUT2D eigenvalue weighted by molar-refractivity contribution is -0.152. The molecule has 4 heterocycles. The van der Waals surface area contributed by atoms with Crippen LogP contribution in [-0.2, 0) is 28.7 Å². The normalized spacial score (nSPS) is 24.8. The van der Waals surface area contributed by atoms with E-state index in [4.69, 9.17) is 0 Å². The van der Waals surface area contributed by atoms with E-state index in [1.807, 2.05) is 0 Å². The highest BCUT2D eigenvalue weighted by molar-refractivity contribution is 8.35. The van der Waals surface area contributed by atoms with Gasteiger partial charge in [-0.1, -0.05) is 47.0 Å². The molecule has 0 aromatic heterocycles. The first-order chi connectivity index (χ1) is 9.54. The molecule has 0 saturated carbocycles. The van der Waals surface area contributed by atoms with Crippen LogP contribution in [0.1, 0.15) is 0 Å². The van der Waals surface area contributed by atoms with Crippen LogP contribution in [0.4, 0.5) is 0 Å². The number of carbonyl (C=O) groups excluding carboxylic acids is 4. The molecule has 0 spiro atoms. The molecule has 0 N–H and O–H groups in total. The van der Waals surface area contributed by atoms with Crippen LogP contribution >= 0.6 is 47.0 Å². The van der Waals surface area contributed by atoms with Gasteiger partial charge >= 0.3 is 23.9 Å². The van der Waals surface area contributed by atoms with E-state index in [-0.39, 0.29) is 19.6 Å². The third-order valence-corrected chi connectivity index (χ3v) is 8.10. The summed E-state index contributed by atoms with van der Waals surface area (Å²) in [5, 5.41) is 0. The van der Waals surface area contributed by atoms with Gasteiger partial charge in [-0.25, -0.2) is 19.2 Å². The largest absolute Gasteiger partial charge is 0.385 e. The summed E-state index contributed by atoms with van der Waals surface area (Å²) in [6, 6.07) is 0. The van der Waals surface area contributed by atoms with Gasteiger partial charge in [0.15, 0.2) is 0 Å². The highest BCUT2D eigenvalue weighted by Crippen LogP contribution is 2.62. The molecule has 0 bridgehead atoms. The molecular formula is C10O6S4. The summed E-state index contributed by atoms with van der Waals surface area (Å²) in [5.41, 5.74) is 0. The second-order valence-electron chi connectivity index (χ2n) is 3.65. The maximum Gasteiger partial charge on any atom is 0.354 e. The van der Waals surface area contributed by atoms with Gasteiger partial charge in [-0.3, -0.25) is 0 Å². The molecule has 0 saturated heterocycles. The zero-order valence-electron chi connectivity index (χ0n) is 9.08. The van der Waals surface area contributed by atoms with E-state index in [0.29, 0.717) is 8.47 Å². The Labute approximate surface area is 127 Å². The maximum atomic E-state index is 11.4. The van der Waals surface area contributed by atoms with Crippen molar-refractivity contribution in [3.63, 3.8) is 0 Å². The van der Waals surface area contributed by atoms with Crippen molar-refractivity contribution >= 4 is 70.9 Å². The zero-order chi connectivity index (χ0) is 14.0. The van der Waals surface area contributed by atoms with Gasteiger partial charge in [0.25, 0.3) is 0 Å². The Kier molecular flexibility index (Phi) is 2.65. The summed E-state index contributed by atoms with van der Waals surface area (Å²) < 4.78 is 10.4. The van der Waals surface area contributed by atoms with Crippen LogP contribution in [0.2, 0.25) is 0 Å². The minimum Gasteiger partial charge on any atom is -0.385 e. The predicted molar refractivity (Wildman–Crippen MR) is 73.6 cm³/mol. The third-order valence-electron chi connectivity index (χ3n) is 2.47. The minimum atomic E-state index is -0.651. The van der Waals surface area contributed by atoms with Crippen molar-refractivity contribution in [2.24, 2.45) is 0 Å². The summed E-state index contributed by atoms with van der Waals surface area (Å²) in [6.45, 7) is 0. The lowest BCUT2D eigenvalue weighted by atomic mass is 10.5. The maximum absolute atomic E-state index is 11.4. The third kappa shape index (κ3) is 1.65. The van der Waals surface area contributed by atoms with E-state index in [0.717, 1.165) is 47.0 Å². The van der Waals surface area contributed by atoms with Crippen molar-refractivity contribution in [2.45, 2.75) is 0 Å². The lowest BCUT2D eigenvalue weighted by Crippen LogP contribution is -2.03. The fourth-order valence-electron chi connectivity index (χ4n) is 1.66. The monoisotopic (exact) mass is 344 g/mol. The Bertz CT molecular complexity index is 625. The average molecular weight is 344 g/mol. The Morgan fingerprint density at radius 1 is 0.500 bits per heavy atom. The number of cyclic esters (lactones) is 4. The van der Waals surface area contributed by atoms with Gasteiger partial charge < -0.3 is 9.47 Å². The standard InChI is InChI=1S/C10O6S4/c11-5-1-2(6(12)15-5)18-9(17-1)10-19-3-4(20-10)8(14)16-7(3)13. The molecule has 10 heteroatoms. The smallest absolute Gasteiger partial charge is 0.354 e. The summed E-state index contributed by atoms with van der Waals surface area (Å²) in [6.07, 6.45) is 0. The Morgan fingerprint density at radius 2 is 0.750 bits per heavy atom. The molecule has 0 radical (unpaired) electrons. The second kappa shape index (κ2) is 4.20. The van der Waals surface area contributed by atoms with Gasteiger partial charge in [0.1, 0.15) is 19.6 Å². The summed E-state index contributed by atoms with van der Waals surface area (Å²) in [7, 11) is 0. The van der Waals surface area contributed by atoms with Crippen molar-refractivity contribution < 1.29 is 28.7 Å². The van der Waals surface area contributed by atoms with E-state index in [9.17, 15) is 19.2 Å². The molecule has 20 heavy (non-hydrogen) atoms. The molecule has 0 amide bonds. The van der Waals surface area contributed by atoms with Gasteiger partial charge in [0.05, 0.1) is 8.47 Å². The second-order valence-corrected chi connectivity index (χ2v) is 8.25. The predicted octanol–water partition coefficient (Wildman–Crippen LogP) is 1.66. The van der Waals surface area contributed by atoms with Crippen LogP contribution in [0.25, 0.3) is 0 Å². The van der Waals surface area contributed by atoms with E-state index in [2.05, 4.69) is 9.47 Å². The first-order valence-electron chi connectivity index (χ1n) is 5.02. The van der Waals surface area contributed by atoms with Crippen molar-refractivity contribution in [2.75, 3.05) is 0 Å². The van der Waals surface area contributed by atoms with Gasteiger partial charge in [0.2, 0.25) is 0 Å². The van der Waals surface area contributed by atoms with Gasteiger partial charge in [-0.05, 0) is 0 Å². The van der Waals surface area contributed by atoms with Crippen molar-refractivity contribution in [1.29, 1.82) is 0 Å². The van der Waals surface area contributed by atoms with Crippen molar-refractivity contribution in [3.8, 4) is 0 Å². The molecule has 4 rings (SSSR count). The quantitative estimate of drug-likeness (QED) is 0.477. The summed E-state index contributed by atoms with van der Waals surface area (Å²) >= 11 is 4.51. The number of thioether (sulfide) groups is 4. The lowest BCUT2D eigenvalue weighted by Gasteiger charge is -2.05. The molecule has 0 unspecified atom stereocenters. The molecule has 4 aliphatic rings. The Morgan fingerprint density at radius 3 is 1.00 bits per heavy atom. The highest BCUT2D eigenvalue weighted by atomic mass is 32.2. The van der Waals surface area contributed by atoms with E-state index >= 15 is 0 Å². The van der Waals surface area contributed by atoms with E-state index in [1.165, 1.54) is 0 Å². The first-order valence-corrected chi connectivity index (χ1v) is 8.28. The van der Waals surface area contributed by atoms with Crippen LogP contribution in [-0.4, -0.2) is 23.9 Å². The molecule has 0 aromatic rings. The van der Waals surface area contributed by atoms with Gasteiger partial charge in [-0.2, -0.15) is 0 Å². The van der Waals surface area contributed by atoms with E-state index in [1.54, 1.807) is 0 Å². The van der Waals surface area contributed by atoms with Crippen LogP contribution in [0.15, 0.2) is 28.1 Å². The van der Waals surface area contributed by atoms with Crippen LogP contribution in [0.3, 0.4) is 0 Å². The Balaban J connectivity index is 1.64. The molecule has 0 fully saturated rings. The van der Waals surface area contributed by atoms with Gasteiger partial charge in [-0.15, -0.1) is 0 Å². The zero-order valence-corrected chi connectivity index (χ0v) is 12.3. The van der Waals surface area contributed by atoms with Crippen LogP contribution in [0, 0.1) is 0 Å². The highest BCUT2D eigenvalue weighted by Gasteiger charge is 2.45.